The number of fused-ring (bicyclic) bond motifs is 1. The minimum absolute atomic E-state index is 0.114. The third kappa shape index (κ3) is 7.30. The van der Waals surface area contributed by atoms with Gasteiger partial charge in [0.05, 0.1) is 18.4 Å². The number of rotatable bonds is 9. The summed E-state index contributed by atoms with van der Waals surface area (Å²) in [5.41, 5.74) is 7.85. The molecule has 2 N–H and O–H groups in total. The van der Waals surface area contributed by atoms with Gasteiger partial charge in [-0.25, -0.2) is 8.78 Å². The van der Waals surface area contributed by atoms with E-state index in [0.717, 1.165) is 92.9 Å². The Kier molecular flexibility index (Phi) is 10.2. The number of aryl methyl sites for hydroxylation is 2. The van der Waals surface area contributed by atoms with Gasteiger partial charge in [0.1, 0.15) is 17.4 Å². The topological polar surface area (TPSA) is 68.3 Å². The summed E-state index contributed by atoms with van der Waals surface area (Å²) in [6.45, 7) is 11.6. The van der Waals surface area contributed by atoms with E-state index in [0.29, 0.717) is 36.9 Å². The number of hydrogen-bond donors (Lipinski definition) is 2. The average molecular weight is 683 g/mol. The maximum absolute atomic E-state index is 16.1. The van der Waals surface area contributed by atoms with E-state index in [1.807, 2.05) is 31.2 Å². The van der Waals surface area contributed by atoms with Crippen LogP contribution in [0.25, 0.3) is 0 Å². The van der Waals surface area contributed by atoms with Gasteiger partial charge in [0, 0.05) is 69.9 Å². The maximum Gasteiger partial charge on any atom is 0.207 e. The number of carbonyl (C=O) groups is 1. The summed E-state index contributed by atoms with van der Waals surface area (Å²) in [4.78, 5) is 18.0. The zero-order chi connectivity index (χ0) is 34.8. The van der Waals surface area contributed by atoms with Gasteiger partial charge < -0.3 is 25.0 Å². The number of aliphatic hydroxyl groups excluding tert-OH is 1. The predicted molar refractivity (Wildman–Crippen MR) is 193 cm³/mol. The minimum Gasteiger partial charge on any atom is -0.493 e. The summed E-state index contributed by atoms with van der Waals surface area (Å²) in [6, 6.07) is 17.0. The van der Waals surface area contributed by atoms with Crippen LogP contribution in [0.2, 0.25) is 0 Å². The second-order valence-corrected chi connectivity index (χ2v) is 14.4. The van der Waals surface area contributed by atoms with E-state index in [1.54, 1.807) is 18.2 Å². The van der Waals surface area contributed by atoms with Gasteiger partial charge in [-0.2, -0.15) is 0 Å². The summed E-state index contributed by atoms with van der Waals surface area (Å²) in [7, 11) is 0. The van der Waals surface area contributed by atoms with Gasteiger partial charge in [-0.15, -0.1) is 0 Å². The van der Waals surface area contributed by atoms with Gasteiger partial charge in [0.2, 0.25) is 6.41 Å². The zero-order valence-electron chi connectivity index (χ0n) is 29.1. The first-order valence-electron chi connectivity index (χ1n) is 18.0. The molecule has 0 aromatic heterocycles. The number of allylic oxidation sites excluding steroid dienone is 1. The lowest BCUT2D eigenvalue weighted by atomic mass is 9.72. The van der Waals surface area contributed by atoms with Crippen molar-refractivity contribution in [3.05, 3.63) is 118 Å². The van der Waals surface area contributed by atoms with Gasteiger partial charge in [0.15, 0.2) is 0 Å². The molecule has 1 amide bonds. The average Bonchev–Trinajstić information content (AvgIpc) is 3.12. The Labute approximate surface area is 294 Å². The molecule has 3 aromatic carbocycles. The highest BCUT2D eigenvalue weighted by Gasteiger charge is 2.38. The van der Waals surface area contributed by atoms with Gasteiger partial charge in [-0.05, 0) is 115 Å². The summed E-state index contributed by atoms with van der Waals surface area (Å²) in [5.74, 6) is 0.458. The molecule has 3 heterocycles. The molecule has 0 saturated carbocycles. The van der Waals surface area contributed by atoms with Crippen molar-refractivity contribution in [2.24, 2.45) is 5.92 Å². The lowest BCUT2D eigenvalue weighted by Crippen LogP contribution is -2.49. The van der Waals surface area contributed by atoms with Gasteiger partial charge in [-0.1, -0.05) is 24.3 Å². The monoisotopic (exact) mass is 682 g/mol. The van der Waals surface area contributed by atoms with Crippen molar-refractivity contribution >= 4 is 17.8 Å². The number of hydrogen-bond acceptors (Lipinski definition) is 6. The van der Waals surface area contributed by atoms with Crippen LogP contribution in [0.4, 0.5) is 20.2 Å². The number of aliphatic hydroxyl groups is 1. The molecule has 3 saturated heterocycles. The quantitative estimate of drug-likeness (QED) is 0.257. The van der Waals surface area contributed by atoms with Crippen LogP contribution in [0.3, 0.4) is 0 Å². The normalized spacial score (nSPS) is 23.1. The molecule has 9 heteroatoms. The largest absolute Gasteiger partial charge is 0.493 e. The Bertz CT molecular complexity index is 1760. The highest BCUT2D eigenvalue weighted by Crippen LogP contribution is 2.48. The van der Waals surface area contributed by atoms with Crippen molar-refractivity contribution in [3.8, 4) is 0 Å². The van der Waals surface area contributed by atoms with E-state index in [4.69, 9.17) is 4.74 Å². The Morgan fingerprint density at radius 3 is 2.46 bits per heavy atom. The Morgan fingerprint density at radius 1 is 0.920 bits per heavy atom. The summed E-state index contributed by atoms with van der Waals surface area (Å²) in [5, 5.41) is 13.1. The lowest BCUT2D eigenvalue weighted by molar-refractivity contribution is -0.109. The molecule has 3 fully saturated rings. The van der Waals surface area contributed by atoms with Crippen LogP contribution in [-0.4, -0.2) is 74.9 Å². The highest BCUT2D eigenvalue weighted by atomic mass is 19.1. The SMILES string of the molecule is Cc1ccc(N2CCN(CC3CCN(c4ccc(C5C6=CCC(O)C=C6OCC5c5ccc(F)cc5C)cc4F)CC3)CC2)cc1CNC=O. The zero-order valence-corrected chi connectivity index (χ0v) is 29.1. The first-order valence-corrected chi connectivity index (χ1v) is 18.0. The van der Waals surface area contributed by atoms with Gasteiger partial charge >= 0.3 is 0 Å². The number of halogens is 2. The lowest BCUT2D eigenvalue weighted by Gasteiger charge is -2.40. The molecule has 0 spiro atoms. The molecule has 3 aliphatic heterocycles. The van der Waals surface area contributed by atoms with Crippen molar-refractivity contribution in [1.29, 1.82) is 0 Å². The molecule has 7 nitrogen and oxygen atoms in total. The van der Waals surface area contributed by atoms with E-state index in [9.17, 15) is 14.3 Å². The Hall–Kier alpha value is -4.21. The van der Waals surface area contributed by atoms with E-state index >= 15 is 4.39 Å². The molecular weight excluding hydrogens is 634 g/mol. The van der Waals surface area contributed by atoms with E-state index in [-0.39, 0.29) is 23.5 Å². The molecule has 0 radical (unpaired) electrons. The molecule has 264 valence electrons. The van der Waals surface area contributed by atoms with Crippen molar-refractivity contribution in [2.75, 3.05) is 62.2 Å². The maximum atomic E-state index is 16.1. The van der Waals surface area contributed by atoms with Crippen LogP contribution in [-0.2, 0) is 16.1 Å². The third-order valence-electron chi connectivity index (χ3n) is 11.2. The van der Waals surface area contributed by atoms with Crippen LogP contribution in [0.5, 0.6) is 0 Å². The molecule has 4 aliphatic rings. The van der Waals surface area contributed by atoms with Crippen LogP contribution in [0.1, 0.15) is 58.9 Å². The molecule has 3 atom stereocenters. The molecule has 0 bridgehead atoms. The smallest absolute Gasteiger partial charge is 0.207 e. The van der Waals surface area contributed by atoms with E-state index < -0.39 is 6.10 Å². The molecule has 3 aromatic rings. The number of anilines is 2. The van der Waals surface area contributed by atoms with E-state index in [2.05, 4.69) is 45.1 Å². The highest BCUT2D eigenvalue weighted by molar-refractivity contribution is 5.55. The Balaban J connectivity index is 0.978. The van der Waals surface area contributed by atoms with Crippen LogP contribution in [0.15, 0.2) is 78.1 Å². The molecule has 3 unspecified atom stereocenters. The summed E-state index contributed by atoms with van der Waals surface area (Å²) < 4.78 is 36.2. The number of ether oxygens (including phenoxy) is 1. The van der Waals surface area contributed by atoms with Crippen LogP contribution in [0, 0.1) is 31.4 Å². The van der Waals surface area contributed by atoms with Crippen molar-refractivity contribution in [3.63, 3.8) is 0 Å². The molecule has 7 rings (SSSR count). The predicted octanol–water partition coefficient (Wildman–Crippen LogP) is 6.34. The number of amides is 1. The fourth-order valence-electron chi connectivity index (χ4n) is 8.41. The van der Waals surface area contributed by atoms with Crippen molar-refractivity contribution < 1.29 is 23.4 Å². The minimum atomic E-state index is -0.601. The molecular formula is C41H48F2N4O3. The first kappa shape index (κ1) is 34.2. The molecule has 50 heavy (non-hydrogen) atoms. The number of piperazine rings is 1. The third-order valence-corrected chi connectivity index (χ3v) is 11.2. The standard InChI is InChI=1S/C41H48F2N4O3/c1-27-3-6-33(20-31(27)23-44-26-48)46-17-15-45(16-18-46)24-29-11-13-47(14-12-29)39-10-4-30(21-38(39)43)41-36-9-7-34(49)22-40(36)50-25-37(41)35-8-5-32(42)19-28(35)2/h3-6,8-10,19-22,26,29,34,37,41,49H,7,11-18,23-25H2,1-2H3,(H,44,48). The second kappa shape index (κ2) is 15.0. The number of nitrogens with zero attached hydrogens (tertiary/aromatic N) is 3. The van der Waals surface area contributed by atoms with Crippen molar-refractivity contribution in [2.45, 2.75) is 57.6 Å². The molecule has 1 aliphatic carbocycles. The second-order valence-electron chi connectivity index (χ2n) is 14.4. The number of nitrogens with one attached hydrogen (secondary N) is 1. The first-order chi connectivity index (χ1) is 24.3. The summed E-state index contributed by atoms with van der Waals surface area (Å²) in [6.07, 6.45) is 6.45. The number of carbonyl (C=O) groups excluding carboxylic acids is 1. The fourth-order valence-corrected chi connectivity index (χ4v) is 8.41. The number of benzene rings is 3. The van der Waals surface area contributed by atoms with Crippen molar-refractivity contribution in [1.82, 2.24) is 10.2 Å². The fraction of sp³-hybridized carbons (Fsp3) is 0.439. The van der Waals surface area contributed by atoms with Crippen LogP contribution >= 0.6 is 0 Å². The van der Waals surface area contributed by atoms with E-state index in [1.165, 1.54) is 17.3 Å². The van der Waals surface area contributed by atoms with Crippen LogP contribution < -0.4 is 15.1 Å². The number of piperidine rings is 1. The Morgan fingerprint density at radius 2 is 1.72 bits per heavy atom. The van der Waals surface area contributed by atoms with Gasteiger partial charge in [0.25, 0.3) is 0 Å². The van der Waals surface area contributed by atoms with Gasteiger partial charge in [-0.3, -0.25) is 9.69 Å². The summed E-state index contributed by atoms with van der Waals surface area (Å²) >= 11 is 0.